The molecule has 1 atom stereocenters. The Balaban J connectivity index is 2.07. The van der Waals surface area contributed by atoms with Crippen molar-refractivity contribution in [1.29, 1.82) is 0 Å². The lowest BCUT2D eigenvalue weighted by molar-refractivity contribution is 0.586. The van der Waals surface area contributed by atoms with Gasteiger partial charge in [-0.2, -0.15) is 0 Å². The van der Waals surface area contributed by atoms with E-state index in [1.54, 1.807) is 0 Å². The summed E-state index contributed by atoms with van der Waals surface area (Å²) >= 11 is 10.3. The Bertz CT molecular complexity index is 584. The molecule has 0 radical (unpaired) electrons. The van der Waals surface area contributed by atoms with E-state index in [1.807, 2.05) is 18.2 Å². The Morgan fingerprint density at radius 1 is 0.950 bits per heavy atom. The first-order valence-corrected chi connectivity index (χ1v) is 9.03. The van der Waals surface area contributed by atoms with E-state index in [9.17, 15) is 4.39 Å². The van der Waals surface area contributed by atoms with Crippen molar-refractivity contribution in [1.82, 2.24) is 0 Å². The van der Waals surface area contributed by atoms with Crippen molar-refractivity contribution in [2.45, 2.75) is 12.8 Å². The number of rotatable bonds is 5. The molecule has 2 aromatic carbocycles. The molecule has 20 heavy (non-hydrogen) atoms. The zero-order valence-corrected chi connectivity index (χ0v) is 15.5. The van der Waals surface area contributed by atoms with E-state index in [4.69, 9.17) is 0 Å². The van der Waals surface area contributed by atoms with Crippen LogP contribution < -0.4 is 0 Å². The lowest BCUT2D eigenvalue weighted by Crippen LogP contribution is -2.10. The van der Waals surface area contributed by atoms with Crippen LogP contribution >= 0.6 is 47.8 Å². The third-order valence-corrected chi connectivity index (χ3v) is 5.16. The fraction of sp³-hybridized carbons (Fsp3) is 0.250. The molecule has 0 aliphatic heterocycles. The molecule has 2 aromatic rings. The van der Waals surface area contributed by atoms with E-state index in [1.165, 1.54) is 11.6 Å². The van der Waals surface area contributed by atoms with Gasteiger partial charge in [0.25, 0.3) is 0 Å². The summed E-state index contributed by atoms with van der Waals surface area (Å²) in [4.78, 5) is 0. The second-order valence-electron chi connectivity index (χ2n) is 4.81. The van der Waals surface area contributed by atoms with Crippen molar-refractivity contribution >= 4 is 47.8 Å². The molecule has 0 fully saturated rings. The standard InChI is InChI=1S/C16H14Br3F/c17-10-13(6-11-2-1-3-14(18)8-11)7-12-4-5-16(20)15(19)9-12/h1-5,8-9,13H,6-7,10H2. The molecule has 0 heterocycles. The van der Waals surface area contributed by atoms with Gasteiger partial charge in [0.2, 0.25) is 0 Å². The fourth-order valence-electron chi connectivity index (χ4n) is 2.18. The Morgan fingerprint density at radius 2 is 1.65 bits per heavy atom. The zero-order valence-electron chi connectivity index (χ0n) is 10.8. The van der Waals surface area contributed by atoms with Crippen LogP contribution in [0, 0.1) is 11.7 Å². The summed E-state index contributed by atoms with van der Waals surface area (Å²) in [5.74, 6) is 0.276. The Labute approximate surface area is 144 Å². The molecule has 0 aliphatic carbocycles. The lowest BCUT2D eigenvalue weighted by Gasteiger charge is -2.15. The van der Waals surface area contributed by atoms with Gasteiger partial charge in [-0.25, -0.2) is 4.39 Å². The highest BCUT2D eigenvalue weighted by atomic mass is 79.9. The molecule has 0 aromatic heterocycles. The summed E-state index contributed by atoms with van der Waals surface area (Å²) in [6.07, 6.45) is 1.93. The molecular formula is C16H14Br3F. The summed E-state index contributed by atoms with van der Waals surface area (Å²) in [6, 6.07) is 13.6. The van der Waals surface area contributed by atoms with Gasteiger partial charge < -0.3 is 0 Å². The van der Waals surface area contributed by atoms with Crippen LogP contribution in [0.25, 0.3) is 0 Å². The van der Waals surface area contributed by atoms with Crippen molar-refractivity contribution in [2.24, 2.45) is 5.92 Å². The van der Waals surface area contributed by atoms with Crippen LogP contribution in [0.5, 0.6) is 0 Å². The van der Waals surface area contributed by atoms with Crippen LogP contribution in [0.4, 0.5) is 4.39 Å². The minimum absolute atomic E-state index is 0.212. The maximum atomic E-state index is 13.2. The second-order valence-corrected chi connectivity index (χ2v) is 7.22. The van der Waals surface area contributed by atoms with Crippen LogP contribution in [-0.2, 0) is 12.8 Å². The first kappa shape index (κ1) is 16.2. The van der Waals surface area contributed by atoms with Gasteiger partial charge in [0, 0.05) is 9.80 Å². The summed E-state index contributed by atoms with van der Waals surface area (Å²) in [5, 5.41) is 0.925. The van der Waals surface area contributed by atoms with Crippen LogP contribution in [0.1, 0.15) is 11.1 Å². The molecule has 0 saturated heterocycles. The van der Waals surface area contributed by atoms with Gasteiger partial charge in [0.05, 0.1) is 4.47 Å². The number of hydrogen-bond acceptors (Lipinski definition) is 0. The van der Waals surface area contributed by atoms with Crippen LogP contribution in [0.2, 0.25) is 0 Å². The summed E-state index contributed by atoms with van der Waals surface area (Å²) < 4.78 is 14.9. The van der Waals surface area contributed by atoms with E-state index in [2.05, 4.69) is 66.0 Å². The molecule has 0 N–H and O–H groups in total. The smallest absolute Gasteiger partial charge is 0.137 e. The minimum atomic E-state index is -0.212. The lowest BCUT2D eigenvalue weighted by atomic mass is 9.94. The molecule has 0 amide bonds. The maximum Gasteiger partial charge on any atom is 0.137 e. The van der Waals surface area contributed by atoms with Gasteiger partial charge in [0.15, 0.2) is 0 Å². The quantitative estimate of drug-likeness (QED) is 0.466. The largest absolute Gasteiger partial charge is 0.206 e. The monoisotopic (exact) mass is 462 g/mol. The SMILES string of the molecule is Fc1ccc(CC(CBr)Cc2cccc(Br)c2)cc1Br. The summed E-state index contributed by atoms with van der Waals surface area (Å²) in [7, 11) is 0. The van der Waals surface area contributed by atoms with Crippen LogP contribution in [0.3, 0.4) is 0 Å². The molecule has 4 heteroatoms. The van der Waals surface area contributed by atoms with Gasteiger partial charge in [0.1, 0.15) is 5.82 Å². The molecule has 0 aliphatic rings. The van der Waals surface area contributed by atoms with Crippen molar-refractivity contribution < 1.29 is 4.39 Å². The van der Waals surface area contributed by atoms with E-state index in [0.717, 1.165) is 28.2 Å². The number of alkyl halides is 1. The van der Waals surface area contributed by atoms with Gasteiger partial charge in [-0.15, -0.1) is 0 Å². The normalized spacial score (nSPS) is 12.4. The highest BCUT2D eigenvalue weighted by Crippen LogP contribution is 2.22. The molecule has 0 saturated carbocycles. The van der Waals surface area contributed by atoms with E-state index in [0.29, 0.717) is 10.4 Å². The van der Waals surface area contributed by atoms with Crippen LogP contribution in [-0.4, -0.2) is 5.33 Å². The Kier molecular flexibility index (Phi) is 6.24. The van der Waals surface area contributed by atoms with Crippen molar-refractivity contribution in [2.75, 3.05) is 5.33 Å². The van der Waals surface area contributed by atoms with Crippen LogP contribution in [0.15, 0.2) is 51.4 Å². The molecule has 1 unspecified atom stereocenters. The predicted octanol–water partition coefficient (Wildman–Crippen LogP) is 6.15. The molecule has 106 valence electrons. The molecular weight excluding hydrogens is 451 g/mol. The second kappa shape index (κ2) is 7.71. The summed E-state index contributed by atoms with van der Waals surface area (Å²) in [6.45, 7) is 0. The fourth-order valence-corrected chi connectivity index (χ4v) is 3.51. The van der Waals surface area contributed by atoms with Gasteiger partial charge in [-0.3, -0.25) is 0 Å². The van der Waals surface area contributed by atoms with E-state index < -0.39 is 0 Å². The molecule has 0 bridgehead atoms. The van der Waals surface area contributed by atoms with Gasteiger partial charge in [-0.05, 0) is 70.1 Å². The average Bonchev–Trinajstić information content (AvgIpc) is 2.42. The van der Waals surface area contributed by atoms with Gasteiger partial charge in [-0.1, -0.05) is 50.1 Å². The third kappa shape index (κ3) is 4.68. The Hall–Kier alpha value is -0.190. The van der Waals surface area contributed by atoms with Crippen molar-refractivity contribution in [3.63, 3.8) is 0 Å². The molecule has 2 rings (SSSR count). The number of benzene rings is 2. The number of hydrogen-bond donors (Lipinski definition) is 0. The number of halogens is 4. The Morgan fingerprint density at radius 3 is 2.25 bits per heavy atom. The average molecular weight is 465 g/mol. The summed E-state index contributed by atoms with van der Waals surface area (Å²) in [5.41, 5.74) is 2.46. The topological polar surface area (TPSA) is 0 Å². The molecule has 0 nitrogen and oxygen atoms in total. The highest BCUT2D eigenvalue weighted by molar-refractivity contribution is 9.10. The molecule has 0 spiro atoms. The van der Waals surface area contributed by atoms with E-state index in [-0.39, 0.29) is 5.82 Å². The van der Waals surface area contributed by atoms with Crippen molar-refractivity contribution in [3.8, 4) is 0 Å². The third-order valence-electron chi connectivity index (χ3n) is 3.14. The van der Waals surface area contributed by atoms with Crippen molar-refractivity contribution in [3.05, 3.63) is 68.4 Å². The highest BCUT2D eigenvalue weighted by Gasteiger charge is 2.11. The first-order valence-electron chi connectivity index (χ1n) is 6.33. The zero-order chi connectivity index (χ0) is 14.5. The predicted molar refractivity (Wildman–Crippen MR) is 92.9 cm³/mol. The first-order chi connectivity index (χ1) is 9.58. The van der Waals surface area contributed by atoms with Gasteiger partial charge >= 0.3 is 0 Å². The minimum Gasteiger partial charge on any atom is -0.206 e. The maximum absolute atomic E-state index is 13.2. The van der Waals surface area contributed by atoms with E-state index >= 15 is 0 Å².